The molecule has 0 aromatic rings. The van der Waals surface area contributed by atoms with Crippen LogP contribution in [-0.4, -0.2) is 17.7 Å². The first-order valence-electron chi connectivity index (χ1n) is 5.41. The molecule has 0 spiro atoms. The summed E-state index contributed by atoms with van der Waals surface area (Å²) in [7, 11) is 0. The van der Waals surface area contributed by atoms with Crippen LogP contribution in [-0.2, 0) is 4.74 Å². The highest BCUT2D eigenvalue weighted by Gasteiger charge is 2.31. The second-order valence-corrected chi connectivity index (χ2v) is 4.87. The number of alkyl carbamates (subject to hydrolysis) is 1. The maximum absolute atomic E-state index is 11.4. The molecule has 1 amide bonds. The Hall–Kier alpha value is -0.730. The fourth-order valence-electron chi connectivity index (χ4n) is 1.72. The van der Waals surface area contributed by atoms with E-state index in [1.54, 1.807) is 0 Å². The van der Waals surface area contributed by atoms with E-state index in [1.807, 2.05) is 20.8 Å². The van der Waals surface area contributed by atoms with E-state index in [-0.39, 0.29) is 17.7 Å². The summed E-state index contributed by atoms with van der Waals surface area (Å²) in [6.07, 6.45) is 3.02. The summed E-state index contributed by atoms with van der Waals surface area (Å²) in [6.45, 7) is 8.12. The molecule has 0 aromatic heterocycles. The minimum atomic E-state index is -0.353. The van der Waals surface area contributed by atoms with Crippen LogP contribution < -0.4 is 5.32 Å². The number of amides is 1. The summed E-state index contributed by atoms with van der Waals surface area (Å²) in [5.41, 5.74) is -0.353. The van der Waals surface area contributed by atoms with Crippen LogP contribution in [0.5, 0.6) is 0 Å². The molecule has 3 nitrogen and oxygen atoms in total. The lowest BCUT2D eigenvalue weighted by Gasteiger charge is -2.30. The molecule has 0 aliphatic carbocycles. The van der Waals surface area contributed by atoms with Crippen molar-refractivity contribution in [3.05, 3.63) is 0 Å². The summed E-state index contributed by atoms with van der Waals surface area (Å²) >= 11 is 0. The number of ether oxygens (including phenoxy) is 1. The lowest BCUT2D eigenvalue weighted by atomic mass is 9.88. The molecule has 0 radical (unpaired) electrons. The van der Waals surface area contributed by atoms with Crippen LogP contribution >= 0.6 is 0 Å². The van der Waals surface area contributed by atoms with Gasteiger partial charge in [-0.2, -0.15) is 0 Å². The van der Waals surface area contributed by atoms with Crippen LogP contribution in [0.25, 0.3) is 0 Å². The fraction of sp³-hybridized carbons (Fsp3) is 0.909. The number of rotatable bonds is 0. The van der Waals surface area contributed by atoms with E-state index >= 15 is 0 Å². The van der Waals surface area contributed by atoms with Gasteiger partial charge < -0.3 is 10.1 Å². The maximum atomic E-state index is 11.4. The van der Waals surface area contributed by atoms with Gasteiger partial charge in [0.25, 0.3) is 0 Å². The minimum Gasteiger partial charge on any atom is -0.443 e. The van der Waals surface area contributed by atoms with Crippen LogP contribution in [0.4, 0.5) is 4.79 Å². The molecular weight excluding hydrogens is 178 g/mol. The average molecular weight is 199 g/mol. The summed E-state index contributed by atoms with van der Waals surface area (Å²) in [6, 6.07) is 0.226. The van der Waals surface area contributed by atoms with Crippen molar-refractivity contribution in [3.63, 3.8) is 0 Å². The molecule has 1 heterocycles. The van der Waals surface area contributed by atoms with E-state index in [1.165, 1.54) is 0 Å². The Balaban J connectivity index is 2.69. The summed E-state index contributed by atoms with van der Waals surface area (Å²) in [4.78, 5) is 11.4. The first-order chi connectivity index (χ1) is 6.42. The van der Waals surface area contributed by atoms with Gasteiger partial charge in [-0.15, -0.1) is 0 Å². The molecule has 14 heavy (non-hydrogen) atoms. The number of nitrogens with one attached hydrogen (secondary N) is 1. The number of hydrogen-bond donors (Lipinski definition) is 1. The number of cyclic esters (lactones) is 1. The van der Waals surface area contributed by atoms with Gasteiger partial charge in [0, 0.05) is 6.04 Å². The highest BCUT2D eigenvalue weighted by molar-refractivity contribution is 5.68. The first-order valence-corrected chi connectivity index (χ1v) is 5.41. The summed E-state index contributed by atoms with van der Waals surface area (Å²) < 4.78 is 5.39. The zero-order chi connectivity index (χ0) is 10.8. The molecule has 1 fully saturated rings. The maximum Gasteiger partial charge on any atom is 0.407 e. The molecule has 2 atom stereocenters. The van der Waals surface area contributed by atoms with Crippen molar-refractivity contribution in [3.8, 4) is 0 Å². The third-order valence-electron chi connectivity index (χ3n) is 3.18. The average Bonchev–Trinajstić information content (AvgIpc) is 2.04. The highest BCUT2D eigenvalue weighted by atomic mass is 16.6. The molecule has 1 rings (SSSR count). The summed E-state index contributed by atoms with van der Waals surface area (Å²) in [5.74, 6) is 0.415. The van der Waals surface area contributed by atoms with Gasteiger partial charge in [-0.05, 0) is 39.5 Å². The van der Waals surface area contributed by atoms with Gasteiger partial charge in [-0.1, -0.05) is 13.3 Å². The molecule has 1 unspecified atom stereocenters. The van der Waals surface area contributed by atoms with E-state index in [4.69, 9.17) is 4.74 Å². The minimum absolute atomic E-state index is 0.226. The van der Waals surface area contributed by atoms with Crippen molar-refractivity contribution in [2.75, 3.05) is 0 Å². The number of carbonyl (C=O) groups is 1. The smallest absolute Gasteiger partial charge is 0.407 e. The standard InChI is InChI=1S/C11H21NO2/c1-8-6-5-7-9(2)12-10(13)14-11(8,3)4/h8-9H,5-7H2,1-4H3,(H,12,13)/t8?,9-/m1/s1. The molecule has 1 aliphatic heterocycles. The molecule has 0 aromatic carbocycles. The normalized spacial score (nSPS) is 33.3. The Morgan fingerprint density at radius 3 is 2.64 bits per heavy atom. The SMILES string of the molecule is CC1CCC[C@@H](C)NC(=O)OC1(C)C. The molecule has 1 aliphatic rings. The fourth-order valence-corrected chi connectivity index (χ4v) is 1.72. The quantitative estimate of drug-likeness (QED) is 0.651. The van der Waals surface area contributed by atoms with Gasteiger partial charge in [-0.3, -0.25) is 0 Å². The molecule has 3 heteroatoms. The number of carbonyl (C=O) groups excluding carboxylic acids is 1. The van der Waals surface area contributed by atoms with E-state index in [0.29, 0.717) is 5.92 Å². The molecule has 0 bridgehead atoms. The molecule has 1 saturated heterocycles. The van der Waals surface area contributed by atoms with Crippen molar-refractivity contribution in [1.29, 1.82) is 0 Å². The van der Waals surface area contributed by atoms with Crippen LogP contribution in [0.2, 0.25) is 0 Å². The van der Waals surface area contributed by atoms with E-state index in [0.717, 1.165) is 19.3 Å². The van der Waals surface area contributed by atoms with Gasteiger partial charge in [-0.25, -0.2) is 4.79 Å². The van der Waals surface area contributed by atoms with Crippen molar-refractivity contribution in [2.45, 2.75) is 58.6 Å². The molecular formula is C11H21NO2. The molecule has 1 N–H and O–H groups in total. The van der Waals surface area contributed by atoms with E-state index in [9.17, 15) is 4.79 Å². The Labute approximate surface area is 86.2 Å². The zero-order valence-corrected chi connectivity index (χ0v) is 9.59. The summed E-state index contributed by atoms with van der Waals surface area (Å²) in [5, 5.41) is 2.84. The Bertz CT molecular complexity index is 213. The molecule has 0 saturated carbocycles. The second-order valence-electron chi connectivity index (χ2n) is 4.87. The van der Waals surface area contributed by atoms with E-state index in [2.05, 4.69) is 12.2 Å². The lowest BCUT2D eigenvalue weighted by Crippen LogP contribution is -2.40. The van der Waals surface area contributed by atoms with Crippen LogP contribution in [0, 0.1) is 5.92 Å². The van der Waals surface area contributed by atoms with Gasteiger partial charge in [0.15, 0.2) is 0 Å². The molecule has 82 valence electrons. The third kappa shape index (κ3) is 2.89. The first kappa shape index (κ1) is 11.3. The topological polar surface area (TPSA) is 38.3 Å². The van der Waals surface area contributed by atoms with Crippen molar-refractivity contribution in [2.24, 2.45) is 5.92 Å². The van der Waals surface area contributed by atoms with Crippen molar-refractivity contribution in [1.82, 2.24) is 5.32 Å². The predicted molar refractivity (Wildman–Crippen MR) is 56.2 cm³/mol. The van der Waals surface area contributed by atoms with Gasteiger partial charge >= 0.3 is 6.09 Å². The van der Waals surface area contributed by atoms with Gasteiger partial charge in [0.05, 0.1) is 0 Å². The van der Waals surface area contributed by atoms with Crippen molar-refractivity contribution < 1.29 is 9.53 Å². The zero-order valence-electron chi connectivity index (χ0n) is 9.59. The van der Waals surface area contributed by atoms with Crippen LogP contribution in [0.15, 0.2) is 0 Å². The monoisotopic (exact) mass is 199 g/mol. The highest BCUT2D eigenvalue weighted by Crippen LogP contribution is 2.27. The number of hydrogen-bond acceptors (Lipinski definition) is 2. The second kappa shape index (κ2) is 4.20. The van der Waals surface area contributed by atoms with E-state index < -0.39 is 0 Å². The Kier molecular flexibility index (Phi) is 3.40. The Morgan fingerprint density at radius 2 is 2.00 bits per heavy atom. The van der Waals surface area contributed by atoms with Gasteiger partial charge in [0.1, 0.15) is 5.60 Å². The largest absolute Gasteiger partial charge is 0.443 e. The van der Waals surface area contributed by atoms with Crippen LogP contribution in [0.1, 0.15) is 47.0 Å². The van der Waals surface area contributed by atoms with Gasteiger partial charge in [0.2, 0.25) is 0 Å². The lowest BCUT2D eigenvalue weighted by molar-refractivity contribution is -0.00143. The predicted octanol–water partition coefficient (Wildman–Crippen LogP) is 2.70. The van der Waals surface area contributed by atoms with Crippen LogP contribution in [0.3, 0.4) is 0 Å². The van der Waals surface area contributed by atoms with Crippen molar-refractivity contribution >= 4 is 6.09 Å². The Morgan fingerprint density at radius 1 is 1.36 bits per heavy atom. The third-order valence-corrected chi connectivity index (χ3v) is 3.18.